The average Bonchev–Trinajstić information content (AvgIpc) is 1.80. The van der Waals surface area contributed by atoms with Crippen LogP contribution in [0, 0.1) is 0 Å². The van der Waals surface area contributed by atoms with E-state index in [4.69, 9.17) is 5.11 Å². The van der Waals surface area contributed by atoms with Gasteiger partial charge in [0.15, 0.2) is 11.5 Å². The van der Waals surface area contributed by atoms with Crippen LogP contribution < -0.4 is 0 Å². The van der Waals surface area contributed by atoms with Gasteiger partial charge in [-0.15, -0.1) is 0 Å². The second-order valence-corrected chi connectivity index (χ2v) is 1.75. The summed E-state index contributed by atoms with van der Waals surface area (Å²) in [6.45, 7) is 0. The van der Waals surface area contributed by atoms with Crippen LogP contribution in [-0.2, 0) is 9.90 Å². The quantitative estimate of drug-likeness (QED) is 0.487. The van der Waals surface area contributed by atoms with Gasteiger partial charge < -0.3 is 5.11 Å². The maximum Gasteiger partial charge on any atom is 0.188 e. The summed E-state index contributed by atoms with van der Waals surface area (Å²) in [6.07, 6.45) is 1.96. The fourth-order valence-electron chi connectivity index (χ4n) is 0.556. The molecular formula is C6H5O3. The van der Waals surface area contributed by atoms with Crippen LogP contribution in [0.3, 0.4) is 0 Å². The van der Waals surface area contributed by atoms with Gasteiger partial charge in [0, 0.05) is 0 Å². The van der Waals surface area contributed by atoms with Crippen LogP contribution in [0.1, 0.15) is 0 Å². The number of hydrogen-bond acceptors (Lipinski definition) is 2. The van der Waals surface area contributed by atoms with E-state index in [0.29, 0.717) is 0 Å². The minimum absolute atomic E-state index is 0.317. The zero-order chi connectivity index (χ0) is 6.85. The molecule has 0 amide bonds. The molecule has 47 valence electrons. The Labute approximate surface area is 51.9 Å². The van der Waals surface area contributed by atoms with E-state index in [1.165, 1.54) is 0 Å². The van der Waals surface area contributed by atoms with Crippen molar-refractivity contribution in [1.82, 2.24) is 0 Å². The molecule has 0 saturated heterocycles. The lowest BCUT2D eigenvalue weighted by Gasteiger charge is -2.02. The van der Waals surface area contributed by atoms with Gasteiger partial charge in [-0.25, -0.2) is 0 Å². The number of carbonyl (C=O) groups excluding carboxylic acids is 1. The maximum absolute atomic E-state index is 10.4. The third kappa shape index (κ3) is 1.17. The van der Waals surface area contributed by atoms with Gasteiger partial charge in [0.05, 0.1) is 0 Å². The molecule has 9 heavy (non-hydrogen) atoms. The van der Waals surface area contributed by atoms with E-state index in [-0.39, 0.29) is 5.76 Å². The minimum Gasteiger partial charge on any atom is -0.381 e. The Morgan fingerprint density at radius 2 is 2.11 bits per heavy atom. The molecule has 3 nitrogen and oxygen atoms in total. The highest BCUT2D eigenvalue weighted by Crippen LogP contribution is 2.04. The van der Waals surface area contributed by atoms with Gasteiger partial charge in [0.25, 0.3) is 0 Å². The molecule has 1 aliphatic rings. The molecule has 0 aromatic rings. The highest BCUT2D eigenvalue weighted by Gasteiger charge is 2.13. The molecule has 0 saturated carbocycles. The normalized spacial score (nSPS) is 26.1. The zero-order valence-electron chi connectivity index (χ0n) is 4.57. The summed E-state index contributed by atoms with van der Waals surface area (Å²) in [5.74, 6) is -0.753. The lowest BCUT2D eigenvalue weighted by Crippen LogP contribution is -2.17. The van der Waals surface area contributed by atoms with Crippen LogP contribution >= 0.6 is 0 Å². The maximum atomic E-state index is 10.4. The summed E-state index contributed by atoms with van der Waals surface area (Å²) in [7, 11) is 0. The number of aliphatic hydroxyl groups is 1. The summed E-state index contributed by atoms with van der Waals surface area (Å²) in [5.41, 5.74) is 0. The molecule has 0 spiro atoms. The molecule has 1 rings (SSSR count). The molecule has 1 aliphatic carbocycles. The Bertz CT molecular complexity index is 190. The van der Waals surface area contributed by atoms with E-state index >= 15 is 0 Å². The first-order valence-corrected chi connectivity index (χ1v) is 2.49. The van der Waals surface area contributed by atoms with E-state index in [0.717, 1.165) is 18.2 Å². The van der Waals surface area contributed by atoms with Crippen molar-refractivity contribution in [3.05, 3.63) is 24.0 Å². The molecule has 1 unspecified atom stereocenters. The summed E-state index contributed by atoms with van der Waals surface area (Å²) in [5, 5.41) is 19.0. The molecule has 0 aliphatic heterocycles. The van der Waals surface area contributed by atoms with Gasteiger partial charge in [0.1, 0.15) is 6.10 Å². The van der Waals surface area contributed by atoms with Crippen molar-refractivity contribution in [2.24, 2.45) is 0 Å². The Kier molecular flexibility index (Phi) is 1.36. The minimum atomic E-state index is -1.22. The summed E-state index contributed by atoms with van der Waals surface area (Å²) in [6, 6.07) is 0. The van der Waals surface area contributed by atoms with E-state index < -0.39 is 11.9 Å². The molecule has 1 radical (unpaired) electrons. The molecule has 0 aromatic carbocycles. The van der Waals surface area contributed by atoms with Crippen LogP contribution in [0.15, 0.2) is 24.0 Å². The first kappa shape index (κ1) is 6.04. The smallest absolute Gasteiger partial charge is 0.188 e. The topological polar surface area (TPSA) is 57.2 Å². The highest BCUT2D eigenvalue weighted by molar-refractivity contribution is 5.96. The van der Waals surface area contributed by atoms with Crippen molar-refractivity contribution in [1.29, 1.82) is 0 Å². The van der Waals surface area contributed by atoms with E-state index in [2.05, 4.69) is 0 Å². The summed E-state index contributed by atoms with van der Waals surface area (Å²) in [4.78, 5) is 10.4. The second kappa shape index (κ2) is 2.03. The summed E-state index contributed by atoms with van der Waals surface area (Å²) < 4.78 is 0. The Balaban J connectivity index is 2.82. The van der Waals surface area contributed by atoms with Gasteiger partial charge >= 0.3 is 0 Å². The van der Waals surface area contributed by atoms with E-state index in [1.54, 1.807) is 0 Å². The van der Waals surface area contributed by atoms with Crippen molar-refractivity contribution in [2.45, 2.75) is 6.10 Å². The lowest BCUT2D eigenvalue weighted by molar-refractivity contribution is -0.120. The fourth-order valence-corrected chi connectivity index (χ4v) is 0.556. The van der Waals surface area contributed by atoms with Crippen LogP contribution in [-0.4, -0.2) is 17.0 Å². The highest BCUT2D eigenvalue weighted by atomic mass is 16.3. The predicted octanol–water partition coefficient (Wildman–Crippen LogP) is -0.199. The van der Waals surface area contributed by atoms with Crippen molar-refractivity contribution in [3.63, 3.8) is 0 Å². The SMILES string of the molecule is [O]C1=CC(O)C(=O)C=C1. The third-order valence-corrected chi connectivity index (χ3v) is 1.03. The molecular weight excluding hydrogens is 120 g/mol. The molecule has 0 heterocycles. The first-order chi connectivity index (χ1) is 4.20. The van der Waals surface area contributed by atoms with Gasteiger partial charge in [-0.1, -0.05) is 0 Å². The standard InChI is InChI=1S/C6H5O3/c7-4-1-2-5(8)6(9)3-4/h1-3,6,9H. The van der Waals surface area contributed by atoms with Crippen molar-refractivity contribution in [3.8, 4) is 0 Å². The number of carbonyl (C=O) groups is 1. The van der Waals surface area contributed by atoms with Crippen molar-refractivity contribution in [2.75, 3.05) is 0 Å². The first-order valence-electron chi connectivity index (χ1n) is 2.49. The van der Waals surface area contributed by atoms with Crippen LogP contribution in [0.25, 0.3) is 0 Å². The Morgan fingerprint density at radius 3 is 2.56 bits per heavy atom. The van der Waals surface area contributed by atoms with Crippen molar-refractivity contribution < 1.29 is 15.0 Å². The number of hydrogen-bond donors (Lipinski definition) is 1. The van der Waals surface area contributed by atoms with E-state index in [1.807, 2.05) is 0 Å². The molecule has 1 atom stereocenters. The number of aliphatic hydroxyl groups excluding tert-OH is 1. The molecule has 0 fully saturated rings. The molecule has 1 N–H and O–H groups in total. The number of ketones is 1. The average molecular weight is 125 g/mol. The zero-order valence-corrected chi connectivity index (χ0v) is 4.57. The monoisotopic (exact) mass is 125 g/mol. The Morgan fingerprint density at radius 1 is 1.44 bits per heavy atom. The van der Waals surface area contributed by atoms with Crippen LogP contribution in [0.2, 0.25) is 0 Å². The summed E-state index contributed by atoms with van der Waals surface area (Å²) >= 11 is 0. The fraction of sp³-hybridized carbons (Fsp3) is 0.167. The van der Waals surface area contributed by atoms with Gasteiger partial charge in [-0.2, -0.15) is 0 Å². The third-order valence-electron chi connectivity index (χ3n) is 1.03. The van der Waals surface area contributed by atoms with E-state index in [9.17, 15) is 9.90 Å². The van der Waals surface area contributed by atoms with Crippen LogP contribution in [0.5, 0.6) is 0 Å². The second-order valence-electron chi connectivity index (χ2n) is 1.75. The predicted molar refractivity (Wildman–Crippen MR) is 28.9 cm³/mol. The molecule has 0 aromatic heterocycles. The largest absolute Gasteiger partial charge is 0.381 e. The van der Waals surface area contributed by atoms with Crippen LogP contribution in [0.4, 0.5) is 0 Å². The van der Waals surface area contributed by atoms with Gasteiger partial charge in [-0.3, -0.25) is 9.90 Å². The number of allylic oxidation sites excluding steroid dienone is 1. The van der Waals surface area contributed by atoms with Gasteiger partial charge in [-0.05, 0) is 18.2 Å². The Hall–Kier alpha value is -1.09. The van der Waals surface area contributed by atoms with Gasteiger partial charge in [0.2, 0.25) is 0 Å². The molecule has 3 heteroatoms. The lowest BCUT2D eigenvalue weighted by atomic mass is 10.1. The molecule has 0 bridgehead atoms. The van der Waals surface area contributed by atoms with Crippen molar-refractivity contribution >= 4 is 5.78 Å². The number of rotatable bonds is 0.